The number of rotatable bonds is 7. The van der Waals surface area contributed by atoms with Gasteiger partial charge in [0, 0.05) is 6.42 Å². The Labute approximate surface area is 127 Å². The summed E-state index contributed by atoms with van der Waals surface area (Å²) in [6, 6.07) is 20.2. The summed E-state index contributed by atoms with van der Waals surface area (Å²) < 4.78 is 0. The van der Waals surface area contributed by atoms with Crippen molar-refractivity contribution in [2.45, 2.75) is 31.6 Å². The van der Waals surface area contributed by atoms with Crippen LogP contribution < -0.4 is 5.73 Å². The van der Waals surface area contributed by atoms with Crippen LogP contribution in [0.2, 0.25) is 0 Å². The molecule has 2 rings (SSSR count). The van der Waals surface area contributed by atoms with Crippen molar-refractivity contribution in [2.75, 3.05) is 6.54 Å². The van der Waals surface area contributed by atoms with E-state index in [4.69, 9.17) is 5.73 Å². The lowest BCUT2D eigenvalue weighted by Crippen LogP contribution is -2.37. The van der Waals surface area contributed by atoms with Gasteiger partial charge < -0.3 is 5.73 Å². The van der Waals surface area contributed by atoms with Crippen LogP contribution in [0.4, 0.5) is 0 Å². The van der Waals surface area contributed by atoms with Gasteiger partial charge in [-0.05, 0) is 30.5 Å². The Morgan fingerprint density at radius 1 is 0.952 bits per heavy atom. The fourth-order valence-electron chi connectivity index (χ4n) is 3.03. The Bertz CT molecular complexity index is 523. The number of carbonyl (C=O) groups excluding carboxylic acids is 1. The number of ketones is 1. The zero-order valence-electron chi connectivity index (χ0n) is 12.6. The predicted octanol–water partition coefficient (Wildman–Crippen LogP) is 3.69. The van der Waals surface area contributed by atoms with Gasteiger partial charge in [0.1, 0.15) is 5.78 Å². The van der Waals surface area contributed by atoms with E-state index in [1.165, 1.54) is 0 Å². The van der Waals surface area contributed by atoms with E-state index in [1.54, 1.807) is 0 Å². The number of carbonyl (C=O) groups is 1. The molecule has 110 valence electrons. The van der Waals surface area contributed by atoms with Crippen molar-refractivity contribution in [1.82, 2.24) is 0 Å². The van der Waals surface area contributed by atoms with Crippen LogP contribution in [0.15, 0.2) is 60.7 Å². The van der Waals surface area contributed by atoms with Crippen LogP contribution in [-0.2, 0) is 10.2 Å². The number of Topliss-reactive ketones (excluding diaryl/α,β-unsaturated/α-hetero) is 1. The predicted molar refractivity (Wildman–Crippen MR) is 87.3 cm³/mol. The summed E-state index contributed by atoms with van der Waals surface area (Å²) >= 11 is 0. The van der Waals surface area contributed by atoms with E-state index in [1.807, 2.05) is 43.3 Å². The van der Waals surface area contributed by atoms with Gasteiger partial charge in [-0.1, -0.05) is 67.6 Å². The number of hydrogen-bond acceptors (Lipinski definition) is 2. The third kappa shape index (κ3) is 3.06. The fraction of sp³-hybridized carbons (Fsp3) is 0.316. The summed E-state index contributed by atoms with van der Waals surface area (Å²) in [5.74, 6) is 0.258. The zero-order valence-corrected chi connectivity index (χ0v) is 12.6. The quantitative estimate of drug-likeness (QED) is 0.841. The standard InChI is InChI=1S/C19H23NO/c1-2-18(21)19(14-9-15-20,16-10-5-3-6-11-16)17-12-7-4-8-13-17/h3-8,10-13H,2,9,14-15,20H2,1H3. The highest BCUT2D eigenvalue weighted by atomic mass is 16.1. The maximum Gasteiger partial charge on any atom is 0.147 e. The zero-order chi connectivity index (χ0) is 15.1. The van der Waals surface area contributed by atoms with E-state index in [0.717, 1.165) is 24.0 Å². The van der Waals surface area contributed by atoms with Crippen LogP contribution in [-0.4, -0.2) is 12.3 Å². The first-order valence-corrected chi connectivity index (χ1v) is 7.60. The minimum Gasteiger partial charge on any atom is -0.330 e. The molecule has 0 aliphatic carbocycles. The van der Waals surface area contributed by atoms with Crippen molar-refractivity contribution in [3.63, 3.8) is 0 Å². The van der Waals surface area contributed by atoms with E-state index in [2.05, 4.69) is 24.3 Å². The van der Waals surface area contributed by atoms with Gasteiger partial charge in [0.2, 0.25) is 0 Å². The summed E-state index contributed by atoms with van der Waals surface area (Å²) in [7, 11) is 0. The van der Waals surface area contributed by atoms with Crippen molar-refractivity contribution in [1.29, 1.82) is 0 Å². The Kier molecular flexibility index (Phi) is 5.29. The van der Waals surface area contributed by atoms with Crippen molar-refractivity contribution >= 4 is 5.78 Å². The van der Waals surface area contributed by atoms with Gasteiger partial charge in [-0.2, -0.15) is 0 Å². The Balaban J connectivity index is 2.62. The molecule has 0 atom stereocenters. The van der Waals surface area contributed by atoms with E-state index < -0.39 is 5.41 Å². The van der Waals surface area contributed by atoms with Gasteiger partial charge in [-0.15, -0.1) is 0 Å². The first-order valence-electron chi connectivity index (χ1n) is 7.60. The number of benzene rings is 2. The van der Waals surface area contributed by atoms with E-state index in [0.29, 0.717) is 13.0 Å². The molecule has 0 saturated carbocycles. The van der Waals surface area contributed by atoms with Crippen molar-refractivity contribution in [3.8, 4) is 0 Å². The normalized spacial score (nSPS) is 11.3. The van der Waals surface area contributed by atoms with Crippen LogP contribution in [0.25, 0.3) is 0 Å². The minimum absolute atomic E-state index is 0.258. The van der Waals surface area contributed by atoms with Gasteiger partial charge in [0.25, 0.3) is 0 Å². The molecule has 0 radical (unpaired) electrons. The van der Waals surface area contributed by atoms with Crippen molar-refractivity contribution in [2.24, 2.45) is 5.73 Å². The smallest absolute Gasteiger partial charge is 0.147 e. The SMILES string of the molecule is CCC(=O)C(CCCN)(c1ccccc1)c1ccccc1. The van der Waals surface area contributed by atoms with Gasteiger partial charge in [0.05, 0.1) is 5.41 Å². The lowest BCUT2D eigenvalue weighted by Gasteiger charge is -2.33. The molecule has 0 heterocycles. The van der Waals surface area contributed by atoms with Crippen LogP contribution in [0.3, 0.4) is 0 Å². The van der Waals surface area contributed by atoms with E-state index in [9.17, 15) is 4.79 Å². The Hall–Kier alpha value is -1.93. The highest BCUT2D eigenvalue weighted by Crippen LogP contribution is 2.38. The Morgan fingerprint density at radius 3 is 1.81 bits per heavy atom. The van der Waals surface area contributed by atoms with Gasteiger partial charge in [0.15, 0.2) is 0 Å². The third-order valence-corrected chi connectivity index (χ3v) is 4.09. The highest BCUT2D eigenvalue weighted by molar-refractivity contribution is 5.93. The lowest BCUT2D eigenvalue weighted by molar-refractivity contribution is -0.123. The average Bonchev–Trinajstić information content (AvgIpc) is 2.57. The summed E-state index contributed by atoms with van der Waals surface area (Å²) in [4.78, 5) is 12.9. The molecular weight excluding hydrogens is 258 g/mol. The van der Waals surface area contributed by atoms with Gasteiger partial charge in [-0.25, -0.2) is 0 Å². The van der Waals surface area contributed by atoms with Gasteiger partial charge >= 0.3 is 0 Å². The number of hydrogen-bond donors (Lipinski definition) is 1. The van der Waals surface area contributed by atoms with Gasteiger partial charge in [-0.3, -0.25) is 4.79 Å². The molecule has 21 heavy (non-hydrogen) atoms. The molecular formula is C19H23NO. The molecule has 0 spiro atoms. The second kappa shape index (κ2) is 7.19. The molecule has 0 amide bonds. The average molecular weight is 281 g/mol. The molecule has 0 aliphatic heterocycles. The topological polar surface area (TPSA) is 43.1 Å². The molecule has 0 aliphatic rings. The molecule has 2 nitrogen and oxygen atoms in total. The lowest BCUT2D eigenvalue weighted by atomic mass is 9.67. The number of nitrogens with two attached hydrogens (primary N) is 1. The summed E-state index contributed by atoms with van der Waals surface area (Å²) in [5.41, 5.74) is 7.28. The fourth-order valence-corrected chi connectivity index (χ4v) is 3.03. The minimum atomic E-state index is -0.573. The summed E-state index contributed by atoms with van der Waals surface area (Å²) in [6.07, 6.45) is 2.11. The highest BCUT2D eigenvalue weighted by Gasteiger charge is 2.39. The molecule has 2 heteroatoms. The second-order valence-corrected chi connectivity index (χ2v) is 5.31. The largest absolute Gasteiger partial charge is 0.330 e. The second-order valence-electron chi connectivity index (χ2n) is 5.31. The van der Waals surface area contributed by atoms with Crippen molar-refractivity contribution < 1.29 is 4.79 Å². The molecule has 0 unspecified atom stereocenters. The van der Waals surface area contributed by atoms with Crippen LogP contribution >= 0.6 is 0 Å². The molecule has 2 aromatic rings. The molecule has 2 aromatic carbocycles. The molecule has 0 bridgehead atoms. The van der Waals surface area contributed by atoms with Crippen LogP contribution in [0, 0.1) is 0 Å². The molecule has 0 fully saturated rings. The maximum absolute atomic E-state index is 12.9. The molecule has 0 aromatic heterocycles. The third-order valence-electron chi connectivity index (χ3n) is 4.09. The van der Waals surface area contributed by atoms with E-state index in [-0.39, 0.29) is 5.78 Å². The van der Waals surface area contributed by atoms with Crippen molar-refractivity contribution in [3.05, 3.63) is 71.8 Å². The van der Waals surface area contributed by atoms with E-state index >= 15 is 0 Å². The molecule has 2 N–H and O–H groups in total. The van der Waals surface area contributed by atoms with Crippen LogP contribution in [0.5, 0.6) is 0 Å². The Morgan fingerprint density at radius 2 is 1.43 bits per heavy atom. The maximum atomic E-state index is 12.9. The summed E-state index contributed by atoms with van der Waals surface area (Å²) in [6.45, 7) is 2.53. The first kappa shape index (κ1) is 15.5. The molecule has 0 saturated heterocycles. The van der Waals surface area contributed by atoms with Crippen LogP contribution in [0.1, 0.15) is 37.3 Å². The summed E-state index contributed by atoms with van der Waals surface area (Å²) in [5, 5.41) is 0. The monoisotopic (exact) mass is 281 g/mol. The first-order chi connectivity index (χ1) is 10.3.